The normalized spacial score (nSPS) is 11.0. The molecule has 0 unspecified atom stereocenters. The van der Waals surface area contributed by atoms with Gasteiger partial charge in [-0.2, -0.15) is 8.78 Å². The molecule has 2 aromatic heterocycles. The lowest BCUT2D eigenvalue weighted by atomic mass is 10.3. The number of allylic oxidation sites excluding steroid dienone is 1. The topological polar surface area (TPSA) is 59.8 Å². The second-order valence-corrected chi connectivity index (χ2v) is 8.38. The summed E-state index contributed by atoms with van der Waals surface area (Å²) in [5.41, 5.74) is 0.552. The largest absolute Gasteiger partial charge is 0.325 e. The number of alkyl halides is 2. The fourth-order valence-electron chi connectivity index (χ4n) is 2.32. The van der Waals surface area contributed by atoms with E-state index >= 15 is 0 Å². The standard InChI is InChI=1S/C18H16F2N4OS3/c1-2-9-24-16(14-4-3-10-26-14)22-23-18(24)27-11-15(25)21-12-5-7-13(8-6-12)28-17(19)20/h2-8,10,17H,1,9,11H2,(H,21,25). The molecule has 0 spiro atoms. The molecule has 1 amide bonds. The van der Waals surface area contributed by atoms with Crippen LogP contribution in [0.2, 0.25) is 0 Å². The van der Waals surface area contributed by atoms with Crippen LogP contribution in [-0.4, -0.2) is 32.2 Å². The average Bonchev–Trinajstić information content (AvgIpc) is 3.31. The highest BCUT2D eigenvalue weighted by molar-refractivity contribution is 8.00. The van der Waals surface area contributed by atoms with Gasteiger partial charge < -0.3 is 5.32 Å². The highest BCUT2D eigenvalue weighted by Crippen LogP contribution is 2.28. The van der Waals surface area contributed by atoms with Crippen LogP contribution in [0.1, 0.15) is 0 Å². The number of nitrogens with one attached hydrogen (secondary N) is 1. The van der Waals surface area contributed by atoms with Crippen molar-refractivity contribution in [2.45, 2.75) is 22.4 Å². The van der Waals surface area contributed by atoms with Crippen LogP contribution in [0.4, 0.5) is 14.5 Å². The summed E-state index contributed by atoms with van der Waals surface area (Å²) in [6.45, 7) is 4.30. The molecule has 0 saturated carbocycles. The third-order valence-electron chi connectivity index (χ3n) is 3.47. The van der Waals surface area contributed by atoms with Gasteiger partial charge in [0.15, 0.2) is 11.0 Å². The lowest BCUT2D eigenvalue weighted by Crippen LogP contribution is -2.14. The zero-order valence-electron chi connectivity index (χ0n) is 14.5. The van der Waals surface area contributed by atoms with Crippen LogP contribution in [-0.2, 0) is 11.3 Å². The van der Waals surface area contributed by atoms with Gasteiger partial charge in [0.2, 0.25) is 5.91 Å². The second-order valence-electron chi connectivity index (χ2n) is 5.42. The van der Waals surface area contributed by atoms with E-state index in [1.807, 2.05) is 22.1 Å². The minimum atomic E-state index is -2.47. The van der Waals surface area contributed by atoms with E-state index in [4.69, 9.17) is 0 Å². The Bertz CT molecular complexity index is 927. The molecule has 0 fully saturated rings. The Labute approximate surface area is 173 Å². The molecule has 0 aliphatic rings. The molecule has 1 N–H and O–H groups in total. The number of thioether (sulfide) groups is 2. The SMILES string of the molecule is C=CCn1c(SCC(=O)Nc2ccc(SC(F)F)cc2)nnc1-c1cccs1. The number of hydrogen-bond acceptors (Lipinski definition) is 6. The molecule has 146 valence electrons. The molecule has 3 aromatic rings. The first-order valence-electron chi connectivity index (χ1n) is 8.12. The molecule has 0 saturated heterocycles. The van der Waals surface area contributed by atoms with Crippen molar-refractivity contribution in [3.05, 3.63) is 54.4 Å². The summed E-state index contributed by atoms with van der Waals surface area (Å²) in [6.07, 6.45) is 1.75. The first-order valence-corrected chi connectivity index (χ1v) is 10.9. The first-order chi connectivity index (χ1) is 13.6. The summed E-state index contributed by atoms with van der Waals surface area (Å²) >= 11 is 3.31. The minimum absolute atomic E-state index is 0.146. The van der Waals surface area contributed by atoms with Crippen molar-refractivity contribution in [2.75, 3.05) is 11.1 Å². The van der Waals surface area contributed by atoms with Crippen LogP contribution in [0.25, 0.3) is 10.7 Å². The van der Waals surface area contributed by atoms with Crippen molar-refractivity contribution in [1.29, 1.82) is 0 Å². The van der Waals surface area contributed by atoms with E-state index in [0.717, 1.165) is 10.7 Å². The van der Waals surface area contributed by atoms with Crippen LogP contribution in [0.15, 0.2) is 64.5 Å². The Balaban J connectivity index is 1.61. The smallest absolute Gasteiger partial charge is 0.288 e. The Morgan fingerprint density at radius 3 is 2.71 bits per heavy atom. The van der Waals surface area contributed by atoms with E-state index in [0.29, 0.717) is 34.0 Å². The predicted molar refractivity (Wildman–Crippen MR) is 111 cm³/mol. The van der Waals surface area contributed by atoms with Crippen LogP contribution in [0, 0.1) is 0 Å². The molecule has 0 aliphatic carbocycles. The van der Waals surface area contributed by atoms with Crippen molar-refractivity contribution in [3.63, 3.8) is 0 Å². The Morgan fingerprint density at radius 2 is 2.07 bits per heavy atom. The van der Waals surface area contributed by atoms with Crippen molar-refractivity contribution in [2.24, 2.45) is 0 Å². The van der Waals surface area contributed by atoms with Crippen LogP contribution >= 0.6 is 34.9 Å². The number of benzene rings is 1. The zero-order chi connectivity index (χ0) is 19.9. The molecule has 0 aliphatic heterocycles. The number of rotatable bonds is 9. The second kappa shape index (κ2) is 9.85. The number of hydrogen-bond donors (Lipinski definition) is 1. The van der Waals surface area contributed by atoms with Gasteiger partial charge in [-0.15, -0.1) is 28.1 Å². The van der Waals surface area contributed by atoms with Crippen LogP contribution < -0.4 is 5.32 Å². The lowest BCUT2D eigenvalue weighted by Gasteiger charge is -2.08. The fourth-order valence-corrected chi connectivity index (χ4v) is 4.29. The van der Waals surface area contributed by atoms with Gasteiger partial charge in [0.25, 0.3) is 5.76 Å². The third-order valence-corrected chi connectivity index (χ3v) is 6.02. The lowest BCUT2D eigenvalue weighted by molar-refractivity contribution is -0.113. The number of aromatic nitrogens is 3. The number of carbonyl (C=O) groups is 1. The van der Waals surface area contributed by atoms with Gasteiger partial charge in [-0.1, -0.05) is 35.7 Å². The number of carbonyl (C=O) groups excluding carboxylic acids is 1. The number of thiophene rings is 1. The number of nitrogens with zero attached hydrogens (tertiary/aromatic N) is 3. The minimum Gasteiger partial charge on any atom is -0.325 e. The van der Waals surface area contributed by atoms with Crippen molar-refractivity contribution < 1.29 is 13.6 Å². The monoisotopic (exact) mass is 438 g/mol. The van der Waals surface area contributed by atoms with Crippen LogP contribution in [0.5, 0.6) is 0 Å². The van der Waals surface area contributed by atoms with Gasteiger partial charge >= 0.3 is 0 Å². The molecule has 1 aromatic carbocycles. The number of anilines is 1. The molecular weight excluding hydrogens is 422 g/mol. The maximum atomic E-state index is 12.3. The molecule has 2 heterocycles. The van der Waals surface area contributed by atoms with Gasteiger partial charge in [-0.05, 0) is 35.7 Å². The number of amides is 1. The Hall–Kier alpha value is -2.17. The highest BCUT2D eigenvalue weighted by Gasteiger charge is 2.15. The molecule has 0 bridgehead atoms. The van der Waals surface area contributed by atoms with E-state index in [1.165, 1.54) is 11.8 Å². The summed E-state index contributed by atoms with van der Waals surface area (Å²) in [4.78, 5) is 13.7. The predicted octanol–water partition coefficient (Wildman–Crippen LogP) is 5.24. The van der Waals surface area contributed by atoms with Gasteiger partial charge in [-0.3, -0.25) is 9.36 Å². The summed E-state index contributed by atoms with van der Waals surface area (Å²) < 4.78 is 26.6. The summed E-state index contributed by atoms with van der Waals surface area (Å²) in [7, 11) is 0. The van der Waals surface area contributed by atoms with Gasteiger partial charge in [0.1, 0.15) is 0 Å². The maximum absolute atomic E-state index is 12.3. The summed E-state index contributed by atoms with van der Waals surface area (Å²) in [6, 6.07) is 10.2. The van der Waals surface area contributed by atoms with E-state index < -0.39 is 5.76 Å². The van der Waals surface area contributed by atoms with E-state index in [2.05, 4.69) is 22.1 Å². The molecule has 10 heteroatoms. The summed E-state index contributed by atoms with van der Waals surface area (Å²) in [5, 5.41) is 13.8. The third kappa shape index (κ3) is 5.43. The van der Waals surface area contributed by atoms with E-state index in [-0.39, 0.29) is 11.7 Å². The van der Waals surface area contributed by atoms with Gasteiger partial charge in [-0.25, -0.2) is 0 Å². The van der Waals surface area contributed by atoms with Crippen molar-refractivity contribution >= 4 is 46.5 Å². The Kier molecular flexibility index (Phi) is 7.24. The fraction of sp³-hybridized carbons (Fsp3) is 0.167. The molecule has 5 nitrogen and oxygen atoms in total. The first kappa shape index (κ1) is 20.6. The Morgan fingerprint density at radius 1 is 1.29 bits per heavy atom. The maximum Gasteiger partial charge on any atom is 0.288 e. The summed E-state index contributed by atoms with van der Waals surface area (Å²) in [5.74, 6) is -1.80. The molecule has 28 heavy (non-hydrogen) atoms. The molecule has 0 radical (unpaired) electrons. The molecule has 0 atom stereocenters. The molecular formula is C18H16F2N4OS3. The number of halogens is 2. The van der Waals surface area contributed by atoms with Gasteiger partial charge in [0, 0.05) is 17.1 Å². The van der Waals surface area contributed by atoms with Crippen molar-refractivity contribution in [3.8, 4) is 10.7 Å². The average molecular weight is 439 g/mol. The highest BCUT2D eigenvalue weighted by atomic mass is 32.2. The van der Waals surface area contributed by atoms with E-state index in [1.54, 1.807) is 41.7 Å². The van der Waals surface area contributed by atoms with Gasteiger partial charge in [0.05, 0.1) is 10.6 Å². The van der Waals surface area contributed by atoms with E-state index in [9.17, 15) is 13.6 Å². The van der Waals surface area contributed by atoms with Crippen molar-refractivity contribution in [1.82, 2.24) is 14.8 Å². The quantitative estimate of drug-likeness (QED) is 0.366. The molecule has 3 rings (SSSR count). The van der Waals surface area contributed by atoms with Crippen LogP contribution in [0.3, 0.4) is 0 Å². The zero-order valence-corrected chi connectivity index (χ0v) is 17.0.